The number of sulfonamides is 1. The third-order valence-corrected chi connectivity index (χ3v) is 7.68. The van der Waals surface area contributed by atoms with Gasteiger partial charge in [0.2, 0.25) is 0 Å². The average molecular weight is 375 g/mol. The van der Waals surface area contributed by atoms with Gasteiger partial charge in [0.15, 0.2) is 0 Å². The number of methoxy groups -OCH3 is 1. The fraction of sp³-hybridized carbons (Fsp3) is 0.600. The number of hydrogen-bond acceptors (Lipinski definition) is 4. The summed E-state index contributed by atoms with van der Waals surface area (Å²) in [4.78, 5) is 0. The summed E-state index contributed by atoms with van der Waals surface area (Å²) in [6.07, 6.45) is 1.70. The Morgan fingerprint density at radius 2 is 2.33 bits per heavy atom. The molecule has 2 rings (SSSR count). The minimum atomic E-state index is -3.45. The fourth-order valence-electron chi connectivity index (χ4n) is 1.90. The number of piperidine rings is 1. The van der Waals surface area contributed by atoms with Gasteiger partial charge in [0.1, 0.15) is 4.21 Å². The zero-order valence-corrected chi connectivity index (χ0v) is 13.7. The molecule has 1 aliphatic heterocycles. The summed E-state index contributed by atoms with van der Waals surface area (Å²) in [5.41, 5.74) is 0. The highest BCUT2D eigenvalue weighted by Gasteiger charge is 2.31. The highest BCUT2D eigenvalue weighted by molar-refractivity contribution is 9.11. The van der Waals surface area contributed by atoms with E-state index in [1.54, 1.807) is 7.11 Å². The van der Waals surface area contributed by atoms with E-state index < -0.39 is 10.0 Å². The Balaban J connectivity index is 2.25. The first-order valence-corrected chi connectivity index (χ1v) is 8.85. The van der Waals surface area contributed by atoms with Crippen LogP contribution < -0.4 is 0 Å². The van der Waals surface area contributed by atoms with Crippen LogP contribution in [0, 0.1) is 0 Å². The summed E-state index contributed by atoms with van der Waals surface area (Å²) in [6.45, 7) is 0.946. The first kappa shape index (κ1) is 14.7. The molecule has 2 heterocycles. The predicted molar refractivity (Wildman–Crippen MR) is 75.8 cm³/mol. The fourth-order valence-corrected chi connectivity index (χ4v) is 5.96. The molecule has 0 amide bonds. The van der Waals surface area contributed by atoms with Gasteiger partial charge in [0.05, 0.1) is 14.9 Å². The molecular formula is C10H13BrClNO3S2. The normalized spacial score (nSPS) is 22.3. The molecular weight excluding hydrogens is 362 g/mol. The van der Waals surface area contributed by atoms with Crippen molar-refractivity contribution in [3.63, 3.8) is 0 Å². The van der Waals surface area contributed by atoms with E-state index in [2.05, 4.69) is 15.9 Å². The highest BCUT2D eigenvalue weighted by atomic mass is 79.9. The molecule has 102 valence electrons. The third-order valence-electron chi connectivity index (χ3n) is 2.89. The van der Waals surface area contributed by atoms with Crippen molar-refractivity contribution in [3.8, 4) is 0 Å². The number of ether oxygens (including phenoxy) is 1. The van der Waals surface area contributed by atoms with Crippen LogP contribution in [-0.2, 0) is 14.8 Å². The van der Waals surface area contributed by atoms with Gasteiger partial charge in [-0.15, -0.1) is 11.3 Å². The van der Waals surface area contributed by atoms with Gasteiger partial charge < -0.3 is 4.74 Å². The lowest BCUT2D eigenvalue weighted by atomic mass is 10.1. The van der Waals surface area contributed by atoms with E-state index >= 15 is 0 Å². The molecule has 0 aromatic carbocycles. The zero-order chi connectivity index (χ0) is 13.3. The minimum absolute atomic E-state index is 0.0209. The molecule has 0 spiro atoms. The van der Waals surface area contributed by atoms with Gasteiger partial charge in [-0.3, -0.25) is 0 Å². The molecule has 1 unspecified atom stereocenters. The second-order valence-electron chi connectivity index (χ2n) is 4.05. The van der Waals surface area contributed by atoms with Crippen LogP contribution in [0.1, 0.15) is 12.8 Å². The Bertz CT molecular complexity index is 512. The highest BCUT2D eigenvalue weighted by Crippen LogP contribution is 2.36. The van der Waals surface area contributed by atoms with Crippen LogP contribution in [0.5, 0.6) is 0 Å². The van der Waals surface area contributed by atoms with E-state index in [9.17, 15) is 8.42 Å². The molecule has 1 atom stereocenters. The maximum atomic E-state index is 12.4. The van der Waals surface area contributed by atoms with Crippen molar-refractivity contribution >= 4 is 48.9 Å². The van der Waals surface area contributed by atoms with Crippen molar-refractivity contribution in [1.29, 1.82) is 0 Å². The molecule has 0 saturated carbocycles. The summed E-state index contributed by atoms with van der Waals surface area (Å²) in [6, 6.07) is 1.49. The van der Waals surface area contributed by atoms with Crippen molar-refractivity contribution < 1.29 is 13.2 Å². The quantitative estimate of drug-likeness (QED) is 0.817. The van der Waals surface area contributed by atoms with Gasteiger partial charge >= 0.3 is 0 Å². The second kappa shape index (κ2) is 5.76. The molecule has 18 heavy (non-hydrogen) atoms. The molecule has 4 nitrogen and oxygen atoms in total. The predicted octanol–water partition coefficient (Wildman–Crippen LogP) is 2.96. The van der Waals surface area contributed by atoms with Gasteiger partial charge in [-0.1, -0.05) is 11.6 Å². The van der Waals surface area contributed by atoms with Crippen molar-refractivity contribution in [1.82, 2.24) is 4.31 Å². The van der Waals surface area contributed by atoms with E-state index in [1.807, 2.05) is 0 Å². The molecule has 1 saturated heterocycles. The molecule has 1 aromatic rings. The zero-order valence-electron chi connectivity index (χ0n) is 9.73. The van der Waals surface area contributed by atoms with E-state index in [0.717, 1.165) is 24.2 Å². The third kappa shape index (κ3) is 2.91. The lowest BCUT2D eigenvalue weighted by Gasteiger charge is -2.30. The average Bonchev–Trinajstić information content (AvgIpc) is 2.70. The molecule has 1 aliphatic rings. The van der Waals surface area contributed by atoms with E-state index in [-0.39, 0.29) is 10.3 Å². The Hall–Kier alpha value is 0.340. The number of halogens is 2. The summed E-state index contributed by atoms with van der Waals surface area (Å²) in [7, 11) is -1.84. The molecule has 0 bridgehead atoms. The number of hydrogen-bond donors (Lipinski definition) is 0. The first-order chi connectivity index (χ1) is 8.45. The standard InChI is InChI=1S/C10H13BrClNO3S2/c1-16-7-3-2-4-13(6-7)18(14,15)9-5-8(12)10(11)17-9/h5,7H,2-4,6H2,1H3. The lowest BCUT2D eigenvalue weighted by molar-refractivity contribution is 0.0572. The van der Waals surface area contributed by atoms with Crippen molar-refractivity contribution in [2.24, 2.45) is 0 Å². The Morgan fingerprint density at radius 1 is 1.61 bits per heavy atom. The van der Waals surface area contributed by atoms with Crippen LogP contribution in [-0.4, -0.2) is 39.0 Å². The Labute approximate surface area is 124 Å². The van der Waals surface area contributed by atoms with Gasteiger partial charge in [0, 0.05) is 20.2 Å². The van der Waals surface area contributed by atoms with E-state index in [4.69, 9.17) is 16.3 Å². The van der Waals surface area contributed by atoms with Gasteiger partial charge in [-0.25, -0.2) is 8.42 Å². The van der Waals surface area contributed by atoms with Crippen LogP contribution in [0.25, 0.3) is 0 Å². The van der Waals surface area contributed by atoms with Crippen molar-refractivity contribution in [2.75, 3.05) is 20.2 Å². The van der Waals surface area contributed by atoms with Crippen LogP contribution >= 0.6 is 38.9 Å². The maximum absolute atomic E-state index is 12.4. The second-order valence-corrected chi connectivity index (χ2v) is 8.99. The Kier molecular flexibility index (Phi) is 4.72. The first-order valence-electron chi connectivity index (χ1n) is 5.43. The molecule has 0 aliphatic carbocycles. The molecule has 0 radical (unpaired) electrons. The monoisotopic (exact) mass is 373 g/mol. The summed E-state index contributed by atoms with van der Waals surface area (Å²) in [5.74, 6) is 0. The summed E-state index contributed by atoms with van der Waals surface area (Å²) >= 11 is 10.3. The van der Waals surface area contributed by atoms with E-state index in [1.165, 1.54) is 10.4 Å². The van der Waals surface area contributed by atoms with Crippen LogP contribution in [0.15, 0.2) is 14.1 Å². The lowest BCUT2D eigenvalue weighted by Crippen LogP contribution is -2.42. The van der Waals surface area contributed by atoms with Crippen molar-refractivity contribution in [2.45, 2.75) is 23.2 Å². The van der Waals surface area contributed by atoms with Crippen LogP contribution in [0.2, 0.25) is 5.02 Å². The van der Waals surface area contributed by atoms with Crippen LogP contribution in [0.3, 0.4) is 0 Å². The van der Waals surface area contributed by atoms with Gasteiger partial charge in [-0.2, -0.15) is 4.31 Å². The number of nitrogens with zero attached hydrogens (tertiary/aromatic N) is 1. The molecule has 8 heteroatoms. The topological polar surface area (TPSA) is 46.6 Å². The number of thiophene rings is 1. The van der Waals surface area contributed by atoms with Gasteiger partial charge in [-0.05, 0) is 34.8 Å². The van der Waals surface area contributed by atoms with Gasteiger partial charge in [0.25, 0.3) is 10.0 Å². The summed E-state index contributed by atoms with van der Waals surface area (Å²) in [5, 5.41) is 0.430. The minimum Gasteiger partial charge on any atom is -0.380 e. The van der Waals surface area contributed by atoms with Crippen molar-refractivity contribution in [3.05, 3.63) is 14.9 Å². The number of rotatable bonds is 3. The molecule has 1 fully saturated rings. The summed E-state index contributed by atoms with van der Waals surface area (Å²) < 4.78 is 32.5. The largest absolute Gasteiger partial charge is 0.380 e. The van der Waals surface area contributed by atoms with Crippen LogP contribution in [0.4, 0.5) is 0 Å². The maximum Gasteiger partial charge on any atom is 0.252 e. The molecule has 0 N–H and O–H groups in total. The molecule has 1 aromatic heterocycles. The SMILES string of the molecule is COC1CCCN(S(=O)(=O)c2cc(Cl)c(Br)s2)C1. The van der Waals surface area contributed by atoms with E-state index in [0.29, 0.717) is 21.9 Å². The Morgan fingerprint density at radius 3 is 2.89 bits per heavy atom. The smallest absolute Gasteiger partial charge is 0.252 e.